The van der Waals surface area contributed by atoms with Crippen LogP contribution in [0.3, 0.4) is 0 Å². The van der Waals surface area contributed by atoms with E-state index < -0.39 is 0 Å². The van der Waals surface area contributed by atoms with Crippen molar-refractivity contribution in [1.29, 1.82) is 0 Å². The average molecular weight is 628 g/mol. The summed E-state index contributed by atoms with van der Waals surface area (Å²) in [5.41, 5.74) is 6.84. The highest BCUT2D eigenvalue weighted by Crippen LogP contribution is 2.38. The molecule has 1 unspecified atom stereocenters. The number of hydrogen-bond donors (Lipinski definition) is 1. The van der Waals surface area contributed by atoms with Crippen molar-refractivity contribution in [3.8, 4) is 11.1 Å². The van der Waals surface area contributed by atoms with Crippen molar-refractivity contribution in [2.45, 2.75) is 6.17 Å². The number of furan rings is 1. The Hall–Kier alpha value is -6.52. The van der Waals surface area contributed by atoms with Gasteiger partial charge in [0.15, 0.2) is 5.84 Å². The molecule has 1 atom stereocenters. The Kier molecular flexibility index (Phi) is 6.21. The van der Waals surface area contributed by atoms with E-state index in [2.05, 4.69) is 139 Å². The summed E-state index contributed by atoms with van der Waals surface area (Å²) in [6.45, 7) is 0. The smallest absolute Gasteiger partial charge is 0.160 e. The number of nitrogens with one attached hydrogen (secondary N) is 1. The fraction of sp³-hybridized carbons (Fsp3) is 0.0222. The summed E-state index contributed by atoms with van der Waals surface area (Å²) in [6, 6.07) is 57.6. The summed E-state index contributed by atoms with van der Waals surface area (Å²) >= 11 is 0. The average Bonchev–Trinajstić information content (AvgIpc) is 3.56. The van der Waals surface area contributed by atoms with Crippen LogP contribution in [0.4, 0.5) is 0 Å². The van der Waals surface area contributed by atoms with E-state index in [1.807, 2.05) is 30.3 Å². The number of benzene rings is 8. The third kappa shape index (κ3) is 4.68. The van der Waals surface area contributed by atoms with Crippen LogP contribution in [0, 0.1) is 0 Å². The molecular formula is C45H29N3O. The zero-order chi connectivity index (χ0) is 32.3. The molecule has 4 heteroatoms. The molecule has 10 rings (SSSR count). The summed E-state index contributed by atoms with van der Waals surface area (Å²) in [5.74, 6) is 1.45. The molecule has 0 aliphatic carbocycles. The minimum Gasteiger partial charge on any atom is -0.456 e. The molecule has 49 heavy (non-hydrogen) atoms. The van der Waals surface area contributed by atoms with Crippen molar-refractivity contribution < 1.29 is 4.42 Å². The Morgan fingerprint density at radius 3 is 2.04 bits per heavy atom. The van der Waals surface area contributed by atoms with Crippen LogP contribution in [0.25, 0.3) is 65.4 Å². The van der Waals surface area contributed by atoms with Crippen LogP contribution in [0.5, 0.6) is 0 Å². The SMILES string of the molecule is c1ccc(C2=NC(c3cc(-c4ccc5ccccc5c4)cc4oc5ccccc5c34)=NC(c3ccc4ccc5ccccc5c4c3)N2)cc1. The van der Waals surface area contributed by atoms with Crippen LogP contribution < -0.4 is 5.32 Å². The highest BCUT2D eigenvalue weighted by molar-refractivity contribution is 6.22. The second kappa shape index (κ2) is 11.0. The van der Waals surface area contributed by atoms with Crippen molar-refractivity contribution in [3.63, 3.8) is 0 Å². The molecule has 1 N–H and O–H groups in total. The van der Waals surface area contributed by atoms with E-state index in [4.69, 9.17) is 14.4 Å². The van der Waals surface area contributed by atoms with E-state index in [0.29, 0.717) is 5.84 Å². The molecule has 0 saturated heterocycles. The molecule has 0 radical (unpaired) electrons. The van der Waals surface area contributed by atoms with E-state index in [1.54, 1.807) is 0 Å². The molecule has 1 aliphatic heterocycles. The maximum atomic E-state index is 6.53. The Morgan fingerprint density at radius 1 is 0.469 bits per heavy atom. The zero-order valence-electron chi connectivity index (χ0n) is 26.5. The molecule has 0 fully saturated rings. The van der Waals surface area contributed by atoms with Gasteiger partial charge < -0.3 is 9.73 Å². The van der Waals surface area contributed by atoms with Gasteiger partial charge in [-0.25, -0.2) is 9.98 Å². The molecule has 230 valence electrons. The summed E-state index contributed by atoms with van der Waals surface area (Å²) in [4.78, 5) is 10.6. The van der Waals surface area contributed by atoms with Gasteiger partial charge in [-0.3, -0.25) is 0 Å². The topological polar surface area (TPSA) is 49.9 Å². The highest BCUT2D eigenvalue weighted by Gasteiger charge is 2.25. The van der Waals surface area contributed by atoms with Crippen LogP contribution in [-0.2, 0) is 0 Å². The molecule has 0 amide bonds. The van der Waals surface area contributed by atoms with E-state index in [-0.39, 0.29) is 6.17 Å². The van der Waals surface area contributed by atoms with E-state index >= 15 is 0 Å². The molecule has 9 aromatic rings. The van der Waals surface area contributed by atoms with Crippen molar-refractivity contribution in [2.24, 2.45) is 9.98 Å². The van der Waals surface area contributed by atoms with Gasteiger partial charge in [-0.2, -0.15) is 0 Å². The summed E-state index contributed by atoms with van der Waals surface area (Å²) < 4.78 is 6.53. The fourth-order valence-corrected chi connectivity index (χ4v) is 7.24. The molecule has 1 aliphatic rings. The van der Waals surface area contributed by atoms with E-state index in [9.17, 15) is 0 Å². The van der Waals surface area contributed by atoms with Crippen LogP contribution in [0.1, 0.15) is 22.9 Å². The van der Waals surface area contributed by atoms with Crippen molar-refractivity contribution in [3.05, 3.63) is 180 Å². The molecule has 0 spiro atoms. The highest BCUT2D eigenvalue weighted by atomic mass is 16.3. The van der Waals surface area contributed by atoms with Gasteiger partial charge in [0.1, 0.15) is 23.2 Å². The van der Waals surface area contributed by atoms with Gasteiger partial charge >= 0.3 is 0 Å². The molecule has 2 heterocycles. The van der Waals surface area contributed by atoms with Gasteiger partial charge in [0, 0.05) is 21.9 Å². The molecule has 0 bridgehead atoms. The number of nitrogens with zero attached hydrogens (tertiary/aromatic N) is 2. The van der Waals surface area contributed by atoms with Crippen LogP contribution in [-0.4, -0.2) is 11.7 Å². The molecule has 8 aromatic carbocycles. The number of para-hydroxylation sites is 1. The molecular weight excluding hydrogens is 599 g/mol. The first-order valence-corrected chi connectivity index (χ1v) is 16.6. The lowest BCUT2D eigenvalue weighted by Gasteiger charge is -2.24. The summed E-state index contributed by atoms with van der Waals surface area (Å²) in [5, 5.41) is 13.0. The Bertz CT molecular complexity index is 2810. The van der Waals surface area contributed by atoms with Crippen molar-refractivity contribution >= 4 is 65.9 Å². The summed E-state index contributed by atoms with van der Waals surface area (Å²) in [6.07, 6.45) is -0.358. The first-order chi connectivity index (χ1) is 24.2. The van der Waals surface area contributed by atoms with E-state index in [0.717, 1.165) is 55.6 Å². The van der Waals surface area contributed by atoms with Crippen LogP contribution in [0.2, 0.25) is 0 Å². The predicted octanol–water partition coefficient (Wildman–Crippen LogP) is 11.2. The second-order valence-corrected chi connectivity index (χ2v) is 12.7. The number of aliphatic imine (C=N–C) groups is 2. The minimum atomic E-state index is -0.358. The Balaban J connectivity index is 1.21. The summed E-state index contributed by atoms with van der Waals surface area (Å²) in [7, 11) is 0. The first-order valence-electron chi connectivity index (χ1n) is 16.6. The number of fused-ring (bicyclic) bond motifs is 7. The van der Waals surface area contributed by atoms with Crippen molar-refractivity contribution in [2.75, 3.05) is 0 Å². The standard InChI is InChI=1S/C45H29N3O/c1-2-12-31(13-3-1)43-46-44(34-23-21-30-20-19-29-11-6-7-15-36(29)38(30)25-34)48-45(47-43)39-26-35(33-22-18-28-10-4-5-14-32(28)24-33)27-41-42(39)37-16-8-9-17-40(37)49-41/h1-27,44H,(H,46,47,48). The Morgan fingerprint density at radius 2 is 1.16 bits per heavy atom. The largest absolute Gasteiger partial charge is 0.456 e. The monoisotopic (exact) mass is 627 g/mol. The lowest BCUT2D eigenvalue weighted by atomic mass is 9.96. The van der Waals surface area contributed by atoms with Gasteiger partial charge in [0.2, 0.25) is 0 Å². The van der Waals surface area contributed by atoms with Gasteiger partial charge in [0.05, 0.1) is 0 Å². The van der Waals surface area contributed by atoms with Crippen LogP contribution in [0.15, 0.2) is 178 Å². The quantitative estimate of drug-likeness (QED) is 0.197. The predicted molar refractivity (Wildman–Crippen MR) is 204 cm³/mol. The third-order valence-electron chi connectivity index (χ3n) is 9.68. The maximum absolute atomic E-state index is 6.53. The van der Waals surface area contributed by atoms with E-state index in [1.165, 1.54) is 32.3 Å². The van der Waals surface area contributed by atoms with Crippen molar-refractivity contribution in [1.82, 2.24) is 5.32 Å². The lowest BCUT2D eigenvalue weighted by Crippen LogP contribution is -2.33. The fourth-order valence-electron chi connectivity index (χ4n) is 7.24. The maximum Gasteiger partial charge on any atom is 0.160 e. The molecule has 1 aromatic heterocycles. The normalized spacial score (nSPS) is 14.7. The number of hydrogen-bond acceptors (Lipinski definition) is 4. The van der Waals surface area contributed by atoms with Gasteiger partial charge in [-0.15, -0.1) is 0 Å². The zero-order valence-corrected chi connectivity index (χ0v) is 26.5. The molecule has 0 saturated carbocycles. The minimum absolute atomic E-state index is 0.358. The lowest BCUT2D eigenvalue weighted by molar-refractivity contribution is 0.668. The third-order valence-corrected chi connectivity index (χ3v) is 9.68. The number of rotatable bonds is 4. The second-order valence-electron chi connectivity index (χ2n) is 12.7. The first kappa shape index (κ1) is 27.6. The van der Waals surface area contributed by atoms with Crippen LogP contribution >= 0.6 is 0 Å². The Labute approximate surface area is 282 Å². The molecule has 4 nitrogen and oxygen atoms in total. The van der Waals surface area contributed by atoms with Gasteiger partial charge in [-0.05, 0) is 79.3 Å². The number of amidine groups is 2. The van der Waals surface area contributed by atoms with Gasteiger partial charge in [0.25, 0.3) is 0 Å². The van der Waals surface area contributed by atoms with Gasteiger partial charge in [-0.1, -0.05) is 133 Å².